The van der Waals surface area contributed by atoms with Crippen LogP contribution in [0.4, 0.5) is 0 Å². The molecule has 1 aromatic carbocycles. The molecule has 0 N–H and O–H groups in total. The molecule has 0 amide bonds. The van der Waals surface area contributed by atoms with Crippen LogP contribution in [0, 0.1) is 23.7 Å². The van der Waals surface area contributed by atoms with Crippen molar-refractivity contribution in [1.82, 2.24) is 0 Å². The molecule has 1 aliphatic carbocycles. The van der Waals surface area contributed by atoms with Gasteiger partial charge in [-0.2, -0.15) is 0 Å². The lowest BCUT2D eigenvalue weighted by molar-refractivity contribution is -0.127. The smallest absolute Gasteiger partial charge is 0.136 e. The van der Waals surface area contributed by atoms with Gasteiger partial charge in [0.15, 0.2) is 0 Å². The molecule has 3 atom stereocenters. The Labute approximate surface area is 130 Å². The van der Waals surface area contributed by atoms with Gasteiger partial charge in [-0.3, -0.25) is 4.79 Å². The summed E-state index contributed by atoms with van der Waals surface area (Å²) in [6, 6.07) is 10.5. The van der Waals surface area contributed by atoms with Crippen molar-refractivity contribution in [2.24, 2.45) is 23.7 Å². The standard InChI is InChI=1S/C20H30O/c1-15(2)18-13-12-16(3)14-19(18)20(21)11-7-10-17-8-5-4-6-9-17/h4-6,8-9,15-16,18-19H,7,10-14H2,1-3H3. The van der Waals surface area contributed by atoms with Crippen LogP contribution in [0.2, 0.25) is 0 Å². The molecule has 0 bridgehead atoms. The van der Waals surface area contributed by atoms with Crippen molar-refractivity contribution < 1.29 is 4.79 Å². The van der Waals surface area contributed by atoms with E-state index in [1.807, 2.05) is 6.07 Å². The zero-order valence-electron chi connectivity index (χ0n) is 13.8. The third kappa shape index (κ3) is 4.69. The fourth-order valence-corrected chi connectivity index (χ4v) is 3.87. The van der Waals surface area contributed by atoms with Crippen molar-refractivity contribution >= 4 is 5.78 Å². The maximum atomic E-state index is 12.6. The van der Waals surface area contributed by atoms with E-state index in [-0.39, 0.29) is 0 Å². The van der Waals surface area contributed by atoms with Gasteiger partial charge in [-0.1, -0.05) is 57.5 Å². The van der Waals surface area contributed by atoms with E-state index in [4.69, 9.17) is 0 Å². The van der Waals surface area contributed by atoms with Crippen molar-refractivity contribution in [1.29, 1.82) is 0 Å². The normalized spacial score (nSPS) is 26.0. The Morgan fingerprint density at radius 1 is 1.19 bits per heavy atom. The van der Waals surface area contributed by atoms with Crippen LogP contribution in [-0.2, 0) is 11.2 Å². The maximum Gasteiger partial charge on any atom is 0.136 e. The van der Waals surface area contributed by atoms with Crippen molar-refractivity contribution in [3.8, 4) is 0 Å². The summed E-state index contributed by atoms with van der Waals surface area (Å²) in [5.41, 5.74) is 1.35. The molecule has 116 valence electrons. The average molecular weight is 286 g/mol. The van der Waals surface area contributed by atoms with Crippen LogP contribution in [0.1, 0.15) is 58.4 Å². The number of benzene rings is 1. The van der Waals surface area contributed by atoms with Gasteiger partial charge < -0.3 is 0 Å². The quantitative estimate of drug-likeness (QED) is 0.694. The van der Waals surface area contributed by atoms with Crippen LogP contribution in [0.25, 0.3) is 0 Å². The summed E-state index contributed by atoms with van der Waals surface area (Å²) in [7, 11) is 0. The lowest BCUT2D eigenvalue weighted by Crippen LogP contribution is -2.33. The van der Waals surface area contributed by atoms with Gasteiger partial charge in [0.1, 0.15) is 5.78 Å². The minimum absolute atomic E-state index is 0.324. The number of ketones is 1. The number of hydrogen-bond acceptors (Lipinski definition) is 1. The third-order valence-corrected chi connectivity index (χ3v) is 5.17. The van der Waals surface area contributed by atoms with Crippen molar-refractivity contribution in [3.63, 3.8) is 0 Å². The summed E-state index contributed by atoms with van der Waals surface area (Å²) in [6.07, 6.45) is 6.45. The Kier molecular flexibility index (Phi) is 6.02. The molecule has 0 aromatic heterocycles. The molecular formula is C20H30O. The van der Waals surface area contributed by atoms with Crippen molar-refractivity contribution in [2.75, 3.05) is 0 Å². The summed E-state index contributed by atoms with van der Waals surface area (Å²) >= 11 is 0. The van der Waals surface area contributed by atoms with Gasteiger partial charge in [-0.05, 0) is 49.0 Å². The minimum Gasteiger partial charge on any atom is -0.299 e. The van der Waals surface area contributed by atoms with Crippen LogP contribution in [0.15, 0.2) is 30.3 Å². The van der Waals surface area contributed by atoms with Gasteiger partial charge in [0.2, 0.25) is 0 Å². The van der Waals surface area contributed by atoms with Crippen LogP contribution >= 0.6 is 0 Å². The van der Waals surface area contributed by atoms with E-state index < -0.39 is 0 Å². The molecule has 1 fully saturated rings. The lowest BCUT2D eigenvalue weighted by atomic mass is 9.68. The number of hydrogen-bond donors (Lipinski definition) is 0. The Balaban J connectivity index is 1.85. The summed E-state index contributed by atoms with van der Waals surface area (Å²) < 4.78 is 0. The highest BCUT2D eigenvalue weighted by Crippen LogP contribution is 2.39. The average Bonchev–Trinajstić information content (AvgIpc) is 2.47. The Hall–Kier alpha value is -1.11. The molecule has 0 saturated heterocycles. The summed E-state index contributed by atoms with van der Waals surface area (Å²) in [6.45, 7) is 6.87. The zero-order valence-corrected chi connectivity index (χ0v) is 13.8. The number of rotatable bonds is 6. The van der Waals surface area contributed by atoms with Crippen LogP contribution in [-0.4, -0.2) is 5.78 Å². The van der Waals surface area contributed by atoms with Gasteiger partial charge >= 0.3 is 0 Å². The largest absolute Gasteiger partial charge is 0.299 e. The fourth-order valence-electron chi connectivity index (χ4n) is 3.87. The highest BCUT2D eigenvalue weighted by atomic mass is 16.1. The number of aryl methyl sites for hydroxylation is 1. The molecular weight excluding hydrogens is 256 g/mol. The predicted molar refractivity (Wildman–Crippen MR) is 89.2 cm³/mol. The van der Waals surface area contributed by atoms with E-state index in [1.54, 1.807) is 0 Å². The predicted octanol–water partition coefficient (Wildman–Crippen LogP) is 5.29. The molecule has 3 unspecified atom stereocenters. The number of carbonyl (C=O) groups is 1. The molecule has 0 aliphatic heterocycles. The second kappa shape index (κ2) is 7.77. The summed E-state index contributed by atoms with van der Waals surface area (Å²) in [5.74, 6) is 2.83. The molecule has 0 spiro atoms. The first-order valence-corrected chi connectivity index (χ1v) is 8.64. The van der Waals surface area contributed by atoms with E-state index in [0.29, 0.717) is 23.5 Å². The molecule has 1 nitrogen and oxygen atoms in total. The second-order valence-corrected chi connectivity index (χ2v) is 7.24. The van der Waals surface area contributed by atoms with Gasteiger partial charge in [0.25, 0.3) is 0 Å². The Morgan fingerprint density at radius 2 is 1.90 bits per heavy atom. The first-order valence-electron chi connectivity index (χ1n) is 8.64. The third-order valence-electron chi connectivity index (χ3n) is 5.17. The number of Topliss-reactive ketones (excluding diaryl/α,β-unsaturated/α-hetero) is 1. The molecule has 1 aliphatic rings. The molecule has 1 saturated carbocycles. The monoisotopic (exact) mass is 286 g/mol. The zero-order chi connectivity index (χ0) is 15.2. The molecule has 0 radical (unpaired) electrons. The molecule has 1 aromatic rings. The van der Waals surface area contributed by atoms with E-state index in [9.17, 15) is 4.79 Å². The Morgan fingerprint density at radius 3 is 2.57 bits per heavy atom. The molecule has 0 heterocycles. The summed E-state index contributed by atoms with van der Waals surface area (Å²) in [4.78, 5) is 12.6. The molecule has 1 heteroatoms. The first-order chi connectivity index (χ1) is 10.1. The second-order valence-electron chi connectivity index (χ2n) is 7.24. The topological polar surface area (TPSA) is 17.1 Å². The lowest BCUT2D eigenvalue weighted by Gasteiger charge is -2.36. The van der Waals surface area contributed by atoms with Gasteiger partial charge in [-0.15, -0.1) is 0 Å². The van der Waals surface area contributed by atoms with E-state index in [1.165, 1.54) is 18.4 Å². The maximum absolute atomic E-state index is 12.6. The van der Waals surface area contributed by atoms with Crippen LogP contribution in [0.3, 0.4) is 0 Å². The highest BCUT2D eigenvalue weighted by molar-refractivity contribution is 5.81. The van der Waals surface area contributed by atoms with Gasteiger partial charge in [0.05, 0.1) is 0 Å². The van der Waals surface area contributed by atoms with Gasteiger partial charge in [-0.25, -0.2) is 0 Å². The van der Waals surface area contributed by atoms with Crippen LogP contribution in [0.5, 0.6) is 0 Å². The van der Waals surface area contributed by atoms with Crippen molar-refractivity contribution in [2.45, 2.75) is 59.3 Å². The summed E-state index contributed by atoms with van der Waals surface area (Å²) in [5, 5.41) is 0. The SMILES string of the molecule is CC1CCC(C(C)C)C(C(=O)CCCc2ccccc2)C1. The molecule has 21 heavy (non-hydrogen) atoms. The number of carbonyl (C=O) groups excluding carboxylic acids is 1. The van der Waals surface area contributed by atoms with Crippen molar-refractivity contribution in [3.05, 3.63) is 35.9 Å². The van der Waals surface area contributed by atoms with Gasteiger partial charge in [0, 0.05) is 12.3 Å². The van der Waals surface area contributed by atoms with Crippen LogP contribution < -0.4 is 0 Å². The van der Waals surface area contributed by atoms with E-state index >= 15 is 0 Å². The highest BCUT2D eigenvalue weighted by Gasteiger charge is 2.34. The van der Waals surface area contributed by atoms with E-state index in [0.717, 1.165) is 31.6 Å². The minimum atomic E-state index is 0.324. The molecule has 2 rings (SSSR count). The Bertz CT molecular complexity index is 434. The fraction of sp³-hybridized carbons (Fsp3) is 0.650. The first kappa shape index (κ1) is 16.3. The van der Waals surface area contributed by atoms with E-state index in [2.05, 4.69) is 45.0 Å².